The van der Waals surface area contributed by atoms with Gasteiger partial charge in [-0.25, -0.2) is 8.42 Å². The lowest BCUT2D eigenvalue weighted by Crippen LogP contribution is -2.46. The number of aromatic nitrogens is 1. The van der Waals surface area contributed by atoms with Crippen LogP contribution in [0.15, 0.2) is 27.8 Å². The van der Waals surface area contributed by atoms with Gasteiger partial charge in [0.2, 0.25) is 10.0 Å². The summed E-state index contributed by atoms with van der Waals surface area (Å²) in [6, 6.07) is 1.49. The summed E-state index contributed by atoms with van der Waals surface area (Å²) in [5.41, 5.74) is 0. The molecule has 1 saturated heterocycles. The Bertz CT molecular complexity index is 622. The van der Waals surface area contributed by atoms with Crippen LogP contribution < -0.4 is 0 Å². The summed E-state index contributed by atoms with van der Waals surface area (Å²) in [5, 5.41) is 0. The van der Waals surface area contributed by atoms with E-state index in [0.29, 0.717) is 4.47 Å². The van der Waals surface area contributed by atoms with Gasteiger partial charge in [0.15, 0.2) is 0 Å². The maximum absolute atomic E-state index is 12.5. The minimum Gasteiger partial charge on any atom is -0.469 e. The van der Waals surface area contributed by atoms with Crippen LogP contribution in [-0.2, 0) is 24.3 Å². The first-order valence-corrected chi connectivity index (χ1v) is 8.46. The molecule has 2 heterocycles. The molecule has 1 aromatic rings. The number of sulfonamides is 1. The molecule has 0 spiro atoms. The fourth-order valence-electron chi connectivity index (χ4n) is 1.99. The van der Waals surface area contributed by atoms with E-state index in [1.54, 1.807) is 0 Å². The summed E-state index contributed by atoms with van der Waals surface area (Å²) in [4.78, 5) is 15.2. The van der Waals surface area contributed by atoms with Crippen LogP contribution in [0.5, 0.6) is 0 Å². The van der Waals surface area contributed by atoms with Crippen molar-refractivity contribution in [1.82, 2.24) is 9.29 Å². The van der Waals surface area contributed by atoms with E-state index in [1.807, 2.05) is 0 Å². The van der Waals surface area contributed by atoms with Crippen molar-refractivity contribution in [2.24, 2.45) is 0 Å². The van der Waals surface area contributed by atoms with Gasteiger partial charge in [-0.15, -0.1) is 0 Å². The molecule has 0 aliphatic carbocycles. The number of hydrogen-bond acceptors (Lipinski definition) is 6. The zero-order chi connectivity index (χ0) is 15.5. The Labute approximate surface area is 131 Å². The fraction of sp³-hybridized carbons (Fsp3) is 0.500. The second-order valence-corrected chi connectivity index (χ2v) is 7.33. The summed E-state index contributed by atoms with van der Waals surface area (Å²) in [7, 11) is -2.37. The van der Waals surface area contributed by atoms with Gasteiger partial charge < -0.3 is 9.47 Å². The molecule has 1 atom stereocenters. The van der Waals surface area contributed by atoms with Crippen LogP contribution in [0.3, 0.4) is 0 Å². The van der Waals surface area contributed by atoms with Crippen molar-refractivity contribution in [1.29, 1.82) is 0 Å². The summed E-state index contributed by atoms with van der Waals surface area (Å²) in [6.45, 7) is 0.596. The van der Waals surface area contributed by atoms with Crippen molar-refractivity contribution in [3.63, 3.8) is 0 Å². The molecule has 0 radical (unpaired) electrons. The van der Waals surface area contributed by atoms with Gasteiger partial charge in [0.05, 0.1) is 26.2 Å². The largest absolute Gasteiger partial charge is 0.469 e. The number of carbonyl (C=O) groups excluding carboxylic acids is 1. The zero-order valence-electron chi connectivity index (χ0n) is 11.4. The molecule has 9 heteroatoms. The van der Waals surface area contributed by atoms with E-state index in [4.69, 9.17) is 4.74 Å². The highest BCUT2D eigenvalue weighted by molar-refractivity contribution is 9.10. The highest BCUT2D eigenvalue weighted by Gasteiger charge is 2.32. The molecular formula is C12H15BrN2O5S. The molecule has 1 aromatic heterocycles. The van der Waals surface area contributed by atoms with Crippen LogP contribution in [0, 0.1) is 0 Å². The first kappa shape index (κ1) is 16.3. The second kappa shape index (κ2) is 6.82. The molecule has 0 N–H and O–H groups in total. The Morgan fingerprint density at radius 3 is 3.00 bits per heavy atom. The van der Waals surface area contributed by atoms with E-state index in [9.17, 15) is 13.2 Å². The number of nitrogens with zero attached hydrogens (tertiary/aromatic N) is 2. The quantitative estimate of drug-likeness (QED) is 0.720. The Balaban J connectivity index is 2.15. The third kappa shape index (κ3) is 4.00. The third-order valence-electron chi connectivity index (χ3n) is 3.04. The van der Waals surface area contributed by atoms with Gasteiger partial charge in [-0.05, 0) is 22.0 Å². The number of pyridine rings is 1. The predicted octanol–water partition coefficient (Wildman–Crippen LogP) is 0.797. The van der Waals surface area contributed by atoms with E-state index < -0.39 is 22.1 Å². The monoisotopic (exact) mass is 378 g/mol. The van der Waals surface area contributed by atoms with Crippen molar-refractivity contribution in [2.45, 2.75) is 17.4 Å². The molecule has 0 aromatic carbocycles. The van der Waals surface area contributed by atoms with Gasteiger partial charge in [0, 0.05) is 30.0 Å². The molecular weight excluding hydrogens is 364 g/mol. The Morgan fingerprint density at radius 1 is 1.57 bits per heavy atom. The first-order valence-electron chi connectivity index (χ1n) is 6.22. The van der Waals surface area contributed by atoms with E-state index >= 15 is 0 Å². The van der Waals surface area contributed by atoms with Gasteiger partial charge in [0.1, 0.15) is 4.90 Å². The number of halogens is 1. The number of ether oxygens (including phenoxy) is 2. The number of carbonyl (C=O) groups is 1. The highest BCUT2D eigenvalue weighted by Crippen LogP contribution is 2.21. The van der Waals surface area contributed by atoms with E-state index in [-0.39, 0.29) is 31.0 Å². The normalized spacial score (nSPS) is 20.2. The molecule has 1 aliphatic rings. The number of morpholine rings is 1. The Kier molecular flexibility index (Phi) is 5.31. The highest BCUT2D eigenvalue weighted by atomic mass is 79.9. The molecule has 0 amide bonds. The van der Waals surface area contributed by atoms with Crippen LogP contribution in [-0.4, -0.2) is 56.6 Å². The van der Waals surface area contributed by atoms with Gasteiger partial charge >= 0.3 is 5.97 Å². The maximum Gasteiger partial charge on any atom is 0.308 e. The van der Waals surface area contributed by atoms with Crippen molar-refractivity contribution in [2.75, 3.05) is 26.8 Å². The Hall–Kier alpha value is -1.03. The number of esters is 1. The minimum absolute atomic E-state index is 0.0270. The molecule has 1 aliphatic heterocycles. The van der Waals surface area contributed by atoms with E-state index in [1.165, 1.54) is 29.9 Å². The minimum atomic E-state index is -3.65. The predicted molar refractivity (Wildman–Crippen MR) is 77.1 cm³/mol. The molecule has 0 saturated carbocycles. The lowest BCUT2D eigenvalue weighted by Gasteiger charge is -2.31. The van der Waals surface area contributed by atoms with Gasteiger partial charge in [-0.2, -0.15) is 4.31 Å². The fourth-order valence-corrected chi connectivity index (χ4v) is 3.95. The van der Waals surface area contributed by atoms with Crippen molar-refractivity contribution >= 4 is 31.9 Å². The SMILES string of the molecule is COC(=O)CC1CN(S(=O)(=O)c2cncc(Br)c2)CCO1. The molecule has 1 unspecified atom stereocenters. The van der Waals surface area contributed by atoms with Crippen molar-refractivity contribution in [3.8, 4) is 0 Å². The third-order valence-corrected chi connectivity index (χ3v) is 5.31. The van der Waals surface area contributed by atoms with Crippen LogP contribution >= 0.6 is 15.9 Å². The molecule has 0 bridgehead atoms. The van der Waals surface area contributed by atoms with Gasteiger partial charge in [-0.3, -0.25) is 9.78 Å². The van der Waals surface area contributed by atoms with Crippen LogP contribution in [0.4, 0.5) is 0 Å². The smallest absolute Gasteiger partial charge is 0.308 e. The van der Waals surface area contributed by atoms with E-state index in [2.05, 4.69) is 25.7 Å². The average Bonchev–Trinajstić information content (AvgIpc) is 2.47. The lowest BCUT2D eigenvalue weighted by atomic mass is 10.2. The second-order valence-electron chi connectivity index (χ2n) is 4.47. The topological polar surface area (TPSA) is 85.8 Å². The summed E-state index contributed by atoms with van der Waals surface area (Å²) in [6.07, 6.45) is 2.34. The van der Waals surface area contributed by atoms with Crippen LogP contribution in [0.25, 0.3) is 0 Å². The number of hydrogen-bond donors (Lipinski definition) is 0. The number of methoxy groups -OCH3 is 1. The van der Waals surface area contributed by atoms with Crippen LogP contribution in [0.1, 0.15) is 6.42 Å². The van der Waals surface area contributed by atoms with E-state index in [0.717, 1.165) is 0 Å². The Morgan fingerprint density at radius 2 is 2.33 bits per heavy atom. The molecule has 7 nitrogen and oxygen atoms in total. The summed E-state index contributed by atoms with van der Waals surface area (Å²) < 4.78 is 36.9. The van der Waals surface area contributed by atoms with Crippen molar-refractivity contribution in [3.05, 3.63) is 22.9 Å². The maximum atomic E-state index is 12.5. The molecule has 21 heavy (non-hydrogen) atoms. The van der Waals surface area contributed by atoms with Crippen LogP contribution in [0.2, 0.25) is 0 Å². The standard InChI is InChI=1S/C12H15BrN2O5S/c1-19-12(16)5-10-8-15(2-3-20-10)21(17,18)11-4-9(13)6-14-7-11/h4,6-7,10H,2-3,5,8H2,1H3. The van der Waals surface area contributed by atoms with Gasteiger partial charge in [0.25, 0.3) is 0 Å². The molecule has 116 valence electrons. The average molecular weight is 379 g/mol. The van der Waals surface area contributed by atoms with Gasteiger partial charge in [-0.1, -0.05) is 0 Å². The van der Waals surface area contributed by atoms with Crippen molar-refractivity contribution < 1.29 is 22.7 Å². The molecule has 1 fully saturated rings. The molecule has 2 rings (SSSR count). The first-order chi connectivity index (χ1) is 9.93. The summed E-state index contributed by atoms with van der Waals surface area (Å²) >= 11 is 3.20. The summed E-state index contributed by atoms with van der Waals surface area (Å²) in [5.74, 6) is -0.427. The lowest BCUT2D eigenvalue weighted by molar-refractivity contribution is -0.145. The number of rotatable bonds is 4. The zero-order valence-corrected chi connectivity index (χ0v) is 13.8.